The van der Waals surface area contributed by atoms with Crippen LogP contribution in [0.3, 0.4) is 0 Å². The number of hydrogen-bond donors (Lipinski definition) is 1. The van der Waals surface area contributed by atoms with Gasteiger partial charge in [-0.25, -0.2) is 0 Å². The molecule has 0 aromatic heterocycles. The fourth-order valence-electron chi connectivity index (χ4n) is 0.970. The van der Waals surface area contributed by atoms with E-state index in [2.05, 4.69) is 0 Å². The lowest BCUT2D eigenvalue weighted by molar-refractivity contribution is -0.126. The Morgan fingerprint density at radius 1 is 1.25 bits per heavy atom. The van der Waals surface area contributed by atoms with Crippen LogP contribution >= 0.6 is 0 Å². The highest BCUT2D eigenvalue weighted by atomic mass is 32.3. The molecule has 0 spiro atoms. The third kappa shape index (κ3) is 2.96. The molecule has 1 N–H and O–H groups in total. The van der Waals surface area contributed by atoms with Gasteiger partial charge in [0.05, 0.1) is 5.69 Å². The topological polar surface area (TPSA) is 63.2 Å². The lowest BCUT2D eigenvalue weighted by Crippen LogP contribution is -2.21. The Bertz CT molecular complexity index is 501. The van der Waals surface area contributed by atoms with E-state index < -0.39 is 33.1 Å². The van der Waals surface area contributed by atoms with E-state index in [1.54, 1.807) is 5.32 Å². The summed E-state index contributed by atoms with van der Waals surface area (Å²) in [5, 5.41) is 1.61. The van der Waals surface area contributed by atoms with Crippen molar-refractivity contribution < 1.29 is 25.9 Å². The summed E-state index contributed by atoms with van der Waals surface area (Å²) >= 11 is 0. The summed E-state index contributed by atoms with van der Waals surface area (Å²) in [6, 6.07) is 4.34. The number of alkyl halides is 2. The Morgan fingerprint density at radius 3 is 2.31 bits per heavy atom. The maximum Gasteiger partial charge on any atom is 0.334 e. The molecule has 1 aromatic rings. The summed E-state index contributed by atoms with van der Waals surface area (Å²) in [7, 11) is -5.06. The van der Waals surface area contributed by atoms with Gasteiger partial charge in [-0.3, -0.25) is 4.79 Å². The van der Waals surface area contributed by atoms with Gasteiger partial charge in [0.25, 0.3) is 5.91 Å². The Hall–Kier alpha value is -1.57. The molecule has 0 heterocycles. The van der Waals surface area contributed by atoms with Crippen LogP contribution < -0.4 is 5.32 Å². The average molecular weight is 253 g/mol. The molecule has 0 aliphatic carbocycles. The predicted octanol–water partition coefficient (Wildman–Crippen LogP) is 1.55. The normalized spacial score (nSPS) is 11.5. The second-order valence-electron chi connectivity index (χ2n) is 2.72. The standard InChI is InChI=1S/C8H6F3NO3S/c9-7(10)8(13)12-5-3-1-2-4-6(5)16(11,14)15/h1-4,7H,(H,12,13). The quantitative estimate of drug-likeness (QED) is 0.831. The Balaban J connectivity index is 3.11. The van der Waals surface area contributed by atoms with Crippen LogP contribution in [0, 0.1) is 0 Å². The monoisotopic (exact) mass is 253 g/mol. The van der Waals surface area contributed by atoms with E-state index in [9.17, 15) is 25.9 Å². The number of amides is 1. The molecule has 0 aliphatic heterocycles. The zero-order chi connectivity index (χ0) is 12.3. The fraction of sp³-hybridized carbons (Fsp3) is 0.125. The van der Waals surface area contributed by atoms with Gasteiger partial charge >= 0.3 is 16.6 Å². The molecule has 88 valence electrons. The molecule has 0 saturated carbocycles. The van der Waals surface area contributed by atoms with Crippen LogP contribution in [-0.4, -0.2) is 20.8 Å². The largest absolute Gasteiger partial charge is 0.334 e. The van der Waals surface area contributed by atoms with Crippen molar-refractivity contribution in [3.63, 3.8) is 0 Å². The highest BCUT2D eigenvalue weighted by molar-refractivity contribution is 7.86. The zero-order valence-corrected chi connectivity index (χ0v) is 8.47. The molecule has 1 rings (SSSR count). The first-order valence-electron chi connectivity index (χ1n) is 3.95. The number of nitrogens with one attached hydrogen (secondary N) is 1. The molecular weight excluding hydrogens is 247 g/mol. The van der Waals surface area contributed by atoms with Crippen molar-refractivity contribution in [2.45, 2.75) is 11.3 Å². The molecule has 8 heteroatoms. The summed E-state index contributed by atoms with van der Waals surface area (Å²) in [6.07, 6.45) is -3.31. The molecular formula is C8H6F3NO3S. The molecule has 1 amide bonds. The zero-order valence-electron chi connectivity index (χ0n) is 7.65. The molecule has 0 atom stereocenters. The summed E-state index contributed by atoms with van der Waals surface area (Å²) in [5.41, 5.74) is -0.518. The molecule has 1 aromatic carbocycles. The highest BCUT2D eigenvalue weighted by Crippen LogP contribution is 2.22. The van der Waals surface area contributed by atoms with Gasteiger partial charge in [0.2, 0.25) is 0 Å². The average Bonchev–Trinajstić information content (AvgIpc) is 2.16. The molecule has 4 nitrogen and oxygen atoms in total. The first-order valence-corrected chi connectivity index (χ1v) is 5.33. The van der Waals surface area contributed by atoms with Crippen LogP contribution in [0.4, 0.5) is 18.4 Å². The number of benzene rings is 1. The maximum atomic E-state index is 12.7. The molecule has 16 heavy (non-hydrogen) atoms. The minimum Gasteiger partial charge on any atom is -0.320 e. The van der Waals surface area contributed by atoms with Crippen LogP contribution in [0.25, 0.3) is 0 Å². The second kappa shape index (κ2) is 4.52. The van der Waals surface area contributed by atoms with Crippen molar-refractivity contribution in [1.29, 1.82) is 0 Å². The number of para-hydroxylation sites is 1. The van der Waals surface area contributed by atoms with E-state index in [0.717, 1.165) is 12.1 Å². The number of carbonyl (C=O) groups excluding carboxylic acids is 1. The van der Waals surface area contributed by atoms with E-state index in [0.29, 0.717) is 0 Å². The van der Waals surface area contributed by atoms with Crippen LogP contribution in [0.1, 0.15) is 0 Å². The number of rotatable bonds is 3. The van der Waals surface area contributed by atoms with Crippen molar-refractivity contribution in [2.24, 2.45) is 0 Å². The van der Waals surface area contributed by atoms with Crippen molar-refractivity contribution in [2.75, 3.05) is 5.32 Å². The SMILES string of the molecule is O=C(Nc1ccccc1S(=O)(=O)F)C(F)F. The number of halogens is 3. The van der Waals surface area contributed by atoms with Gasteiger partial charge in [-0.05, 0) is 12.1 Å². The Kier molecular flexibility index (Phi) is 3.53. The van der Waals surface area contributed by atoms with Crippen molar-refractivity contribution in [3.8, 4) is 0 Å². The van der Waals surface area contributed by atoms with Crippen LogP contribution in [0.2, 0.25) is 0 Å². The minimum absolute atomic E-state index is 0.518. The number of anilines is 1. The lowest BCUT2D eigenvalue weighted by atomic mass is 10.3. The molecule has 0 saturated heterocycles. The predicted molar refractivity (Wildman–Crippen MR) is 49.4 cm³/mol. The molecule has 0 unspecified atom stereocenters. The van der Waals surface area contributed by atoms with Crippen molar-refractivity contribution in [3.05, 3.63) is 24.3 Å². The van der Waals surface area contributed by atoms with Crippen molar-refractivity contribution >= 4 is 21.8 Å². The smallest absolute Gasteiger partial charge is 0.320 e. The van der Waals surface area contributed by atoms with Gasteiger partial charge in [0.15, 0.2) is 0 Å². The van der Waals surface area contributed by atoms with Crippen LogP contribution in [0.15, 0.2) is 29.2 Å². The molecule has 0 aliphatic rings. The van der Waals surface area contributed by atoms with Gasteiger partial charge in [0.1, 0.15) is 4.90 Å². The summed E-state index contributed by atoms with van der Waals surface area (Å²) in [5.74, 6) is -1.70. The van der Waals surface area contributed by atoms with Gasteiger partial charge in [-0.1, -0.05) is 12.1 Å². The molecule has 0 fully saturated rings. The molecule has 0 bridgehead atoms. The Labute approximate surface area is 89.3 Å². The first-order chi connectivity index (χ1) is 7.32. The summed E-state index contributed by atoms with van der Waals surface area (Å²) in [4.78, 5) is 9.76. The van der Waals surface area contributed by atoms with Crippen LogP contribution in [0.5, 0.6) is 0 Å². The highest BCUT2D eigenvalue weighted by Gasteiger charge is 2.21. The minimum atomic E-state index is -5.06. The van der Waals surface area contributed by atoms with E-state index in [1.165, 1.54) is 12.1 Å². The van der Waals surface area contributed by atoms with Crippen LogP contribution in [-0.2, 0) is 15.0 Å². The third-order valence-corrected chi connectivity index (χ3v) is 2.49. The number of carbonyl (C=O) groups is 1. The van der Waals surface area contributed by atoms with Gasteiger partial charge in [-0.15, -0.1) is 3.89 Å². The van der Waals surface area contributed by atoms with E-state index in [4.69, 9.17) is 0 Å². The van der Waals surface area contributed by atoms with E-state index >= 15 is 0 Å². The summed E-state index contributed by atoms with van der Waals surface area (Å²) < 4.78 is 57.6. The Morgan fingerprint density at radius 2 is 1.81 bits per heavy atom. The second-order valence-corrected chi connectivity index (χ2v) is 4.04. The lowest BCUT2D eigenvalue weighted by Gasteiger charge is -2.07. The van der Waals surface area contributed by atoms with Gasteiger partial charge < -0.3 is 5.32 Å². The number of hydrogen-bond acceptors (Lipinski definition) is 3. The maximum absolute atomic E-state index is 12.7. The van der Waals surface area contributed by atoms with Crippen molar-refractivity contribution in [1.82, 2.24) is 0 Å². The fourth-order valence-corrected chi connectivity index (χ4v) is 1.59. The first kappa shape index (κ1) is 12.5. The van der Waals surface area contributed by atoms with Gasteiger partial charge in [0, 0.05) is 0 Å². The van der Waals surface area contributed by atoms with E-state index in [1.807, 2.05) is 0 Å². The summed E-state index contributed by atoms with van der Waals surface area (Å²) in [6.45, 7) is 0. The van der Waals surface area contributed by atoms with E-state index in [-0.39, 0.29) is 0 Å². The van der Waals surface area contributed by atoms with Gasteiger partial charge in [-0.2, -0.15) is 17.2 Å². The third-order valence-electron chi connectivity index (χ3n) is 1.61. The molecule has 0 radical (unpaired) electrons.